The van der Waals surface area contributed by atoms with Gasteiger partial charge in [-0.25, -0.2) is 0 Å². The molecule has 5 heteroatoms. The minimum atomic E-state index is -0.144. The maximum Gasteiger partial charge on any atom is 0.253 e. The van der Waals surface area contributed by atoms with Crippen LogP contribution in [0, 0.1) is 12.8 Å². The first-order valence-corrected chi connectivity index (χ1v) is 10.3. The molecule has 1 saturated heterocycles. The third-order valence-electron chi connectivity index (χ3n) is 5.46. The van der Waals surface area contributed by atoms with Gasteiger partial charge in [0, 0.05) is 36.8 Å². The van der Waals surface area contributed by atoms with Gasteiger partial charge in [-0.1, -0.05) is 35.9 Å². The topological polar surface area (TPSA) is 40.6 Å². The normalized spacial score (nSPS) is 16.7. The molecule has 1 aliphatic heterocycles. The van der Waals surface area contributed by atoms with Crippen molar-refractivity contribution in [2.24, 2.45) is 5.92 Å². The first-order valence-electron chi connectivity index (χ1n) is 9.87. The van der Waals surface area contributed by atoms with Crippen LogP contribution in [-0.4, -0.2) is 41.2 Å². The Morgan fingerprint density at radius 3 is 2.54 bits per heavy atom. The van der Waals surface area contributed by atoms with Gasteiger partial charge in [-0.3, -0.25) is 9.59 Å². The van der Waals surface area contributed by atoms with Crippen LogP contribution in [0.5, 0.6) is 0 Å². The second kappa shape index (κ2) is 9.24. The summed E-state index contributed by atoms with van der Waals surface area (Å²) in [7, 11) is 0. The van der Waals surface area contributed by atoms with E-state index < -0.39 is 0 Å². The minimum absolute atomic E-state index is 0.0314. The number of halogens is 1. The van der Waals surface area contributed by atoms with E-state index in [1.54, 1.807) is 29.2 Å². The standard InChI is InChI=1S/C23H27ClN2O2/c1-3-25(15-19-8-5-4-7-17(19)2)23(28)20-9-6-14-26(16-20)22(27)18-10-12-21(24)13-11-18/h4-5,7-8,10-13,20H,3,6,9,14-16H2,1-2H3. The second-order valence-electron chi connectivity index (χ2n) is 7.38. The van der Waals surface area contributed by atoms with Crippen molar-refractivity contribution in [3.63, 3.8) is 0 Å². The molecule has 3 rings (SSSR count). The number of nitrogens with zero attached hydrogens (tertiary/aromatic N) is 2. The second-order valence-corrected chi connectivity index (χ2v) is 7.81. The quantitative estimate of drug-likeness (QED) is 0.741. The molecule has 2 amide bonds. The average molecular weight is 399 g/mol. The lowest BCUT2D eigenvalue weighted by molar-refractivity contribution is -0.137. The number of hydrogen-bond acceptors (Lipinski definition) is 2. The molecule has 148 valence electrons. The Hall–Kier alpha value is -2.33. The number of rotatable bonds is 5. The molecule has 0 radical (unpaired) electrons. The number of aryl methyl sites for hydroxylation is 1. The molecule has 2 aromatic carbocycles. The highest BCUT2D eigenvalue weighted by Crippen LogP contribution is 2.22. The van der Waals surface area contributed by atoms with Crippen LogP contribution in [0.2, 0.25) is 5.02 Å². The van der Waals surface area contributed by atoms with Crippen molar-refractivity contribution in [3.05, 3.63) is 70.2 Å². The van der Waals surface area contributed by atoms with E-state index in [-0.39, 0.29) is 17.7 Å². The third kappa shape index (κ3) is 4.74. The fourth-order valence-electron chi connectivity index (χ4n) is 3.74. The van der Waals surface area contributed by atoms with Crippen LogP contribution in [0.4, 0.5) is 0 Å². The van der Waals surface area contributed by atoms with E-state index >= 15 is 0 Å². The van der Waals surface area contributed by atoms with Gasteiger partial charge in [0.2, 0.25) is 5.91 Å². The van der Waals surface area contributed by atoms with Crippen LogP contribution in [0.15, 0.2) is 48.5 Å². The van der Waals surface area contributed by atoms with Crippen LogP contribution in [0.25, 0.3) is 0 Å². The van der Waals surface area contributed by atoms with Crippen molar-refractivity contribution >= 4 is 23.4 Å². The lowest BCUT2D eigenvalue weighted by Crippen LogP contribution is -2.46. The van der Waals surface area contributed by atoms with Crippen molar-refractivity contribution in [2.45, 2.75) is 33.2 Å². The van der Waals surface area contributed by atoms with Gasteiger partial charge in [0.25, 0.3) is 5.91 Å². The lowest BCUT2D eigenvalue weighted by Gasteiger charge is -2.35. The van der Waals surface area contributed by atoms with E-state index in [1.165, 1.54) is 11.1 Å². The van der Waals surface area contributed by atoms with E-state index in [4.69, 9.17) is 11.6 Å². The Kier molecular flexibility index (Phi) is 6.74. The molecular weight excluding hydrogens is 372 g/mol. The van der Waals surface area contributed by atoms with Crippen LogP contribution in [-0.2, 0) is 11.3 Å². The maximum atomic E-state index is 13.2. The Morgan fingerprint density at radius 1 is 1.14 bits per heavy atom. The predicted octanol–water partition coefficient (Wildman–Crippen LogP) is 4.55. The zero-order chi connectivity index (χ0) is 20.1. The molecule has 2 aromatic rings. The lowest BCUT2D eigenvalue weighted by atomic mass is 9.95. The summed E-state index contributed by atoms with van der Waals surface area (Å²) in [4.78, 5) is 29.7. The fourth-order valence-corrected chi connectivity index (χ4v) is 3.86. The summed E-state index contributed by atoms with van der Waals surface area (Å²) < 4.78 is 0. The van der Waals surface area contributed by atoms with E-state index in [9.17, 15) is 9.59 Å². The van der Waals surface area contributed by atoms with E-state index in [2.05, 4.69) is 19.1 Å². The molecule has 1 heterocycles. The Bertz CT molecular complexity index is 835. The van der Waals surface area contributed by atoms with Gasteiger partial charge in [-0.15, -0.1) is 0 Å². The number of piperidine rings is 1. The first-order chi connectivity index (χ1) is 13.5. The highest BCUT2D eigenvalue weighted by atomic mass is 35.5. The fraction of sp³-hybridized carbons (Fsp3) is 0.391. The van der Waals surface area contributed by atoms with Gasteiger partial charge in [-0.05, 0) is 62.1 Å². The SMILES string of the molecule is CCN(Cc1ccccc1C)C(=O)C1CCCN(C(=O)c2ccc(Cl)cc2)C1. The number of carbonyl (C=O) groups excluding carboxylic acids is 2. The van der Waals surface area contributed by atoms with Gasteiger partial charge >= 0.3 is 0 Å². The third-order valence-corrected chi connectivity index (χ3v) is 5.72. The van der Waals surface area contributed by atoms with E-state index in [1.807, 2.05) is 24.0 Å². The summed E-state index contributed by atoms with van der Waals surface area (Å²) in [6.07, 6.45) is 1.67. The zero-order valence-corrected chi connectivity index (χ0v) is 17.3. The first kappa shape index (κ1) is 20.4. The minimum Gasteiger partial charge on any atom is -0.338 e. The van der Waals surface area contributed by atoms with Crippen molar-refractivity contribution in [1.82, 2.24) is 9.80 Å². The molecule has 4 nitrogen and oxygen atoms in total. The average Bonchev–Trinajstić information content (AvgIpc) is 2.73. The highest BCUT2D eigenvalue weighted by Gasteiger charge is 2.31. The number of amides is 2. The molecule has 28 heavy (non-hydrogen) atoms. The number of likely N-dealkylation sites (tertiary alicyclic amines) is 1. The monoisotopic (exact) mass is 398 g/mol. The van der Waals surface area contributed by atoms with Gasteiger partial charge in [0.1, 0.15) is 0 Å². The van der Waals surface area contributed by atoms with Crippen LogP contribution < -0.4 is 0 Å². The number of carbonyl (C=O) groups is 2. The molecule has 1 fully saturated rings. The van der Waals surface area contributed by atoms with Crippen molar-refractivity contribution in [1.29, 1.82) is 0 Å². The van der Waals surface area contributed by atoms with E-state index in [0.717, 1.165) is 12.8 Å². The largest absolute Gasteiger partial charge is 0.338 e. The summed E-state index contributed by atoms with van der Waals surface area (Å²) in [5.41, 5.74) is 2.98. The summed E-state index contributed by atoms with van der Waals surface area (Å²) in [5, 5.41) is 0.609. The molecule has 0 N–H and O–H groups in total. The Labute approximate surface area is 172 Å². The molecule has 0 bridgehead atoms. The van der Waals surface area contributed by atoms with Crippen LogP contribution in [0.3, 0.4) is 0 Å². The maximum absolute atomic E-state index is 13.2. The molecule has 0 saturated carbocycles. The molecule has 0 aliphatic carbocycles. The summed E-state index contributed by atoms with van der Waals surface area (Å²) >= 11 is 5.92. The smallest absolute Gasteiger partial charge is 0.253 e. The van der Waals surface area contributed by atoms with Gasteiger partial charge in [0.05, 0.1) is 5.92 Å². The summed E-state index contributed by atoms with van der Waals surface area (Å²) in [5.74, 6) is -0.0375. The van der Waals surface area contributed by atoms with Crippen molar-refractivity contribution in [2.75, 3.05) is 19.6 Å². The van der Waals surface area contributed by atoms with E-state index in [0.29, 0.717) is 36.8 Å². The predicted molar refractivity (Wildman–Crippen MR) is 112 cm³/mol. The van der Waals surface area contributed by atoms with Gasteiger partial charge in [-0.2, -0.15) is 0 Å². The van der Waals surface area contributed by atoms with Crippen molar-refractivity contribution in [3.8, 4) is 0 Å². The Balaban J connectivity index is 1.68. The van der Waals surface area contributed by atoms with Gasteiger partial charge in [0.15, 0.2) is 0 Å². The molecule has 0 spiro atoms. The number of benzene rings is 2. The summed E-state index contributed by atoms with van der Waals surface area (Å²) in [6, 6.07) is 15.1. The number of hydrogen-bond donors (Lipinski definition) is 0. The molecule has 1 unspecified atom stereocenters. The zero-order valence-electron chi connectivity index (χ0n) is 16.5. The van der Waals surface area contributed by atoms with Gasteiger partial charge < -0.3 is 9.80 Å². The molecule has 1 aliphatic rings. The van der Waals surface area contributed by atoms with Crippen LogP contribution >= 0.6 is 11.6 Å². The van der Waals surface area contributed by atoms with Crippen LogP contribution in [0.1, 0.15) is 41.3 Å². The molecule has 1 atom stereocenters. The Morgan fingerprint density at radius 2 is 1.86 bits per heavy atom. The van der Waals surface area contributed by atoms with Crippen molar-refractivity contribution < 1.29 is 9.59 Å². The highest BCUT2D eigenvalue weighted by molar-refractivity contribution is 6.30. The molecule has 0 aromatic heterocycles. The summed E-state index contributed by atoms with van der Waals surface area (Å²) in [6.45, 7) is 6.52. The molecular formula is C23H27ClN2O2.